The van der Waals surface area contributed by atoms with Gasteiger partial charge in [0.1, 0.15) is 23.8 Å². The van der Waals surface area contributed by atoms with Crippen LogP contribution >= 0.6 is 22.7 Å². The highest BCUT2D eigenvalue weighted by molar-refractivity contribution is 7.16. The third kappa shape index (κ3) is 7.65. The van der Waals surface area contributed by atoms with Crippen LogP contribution in [0.1, 0.15) is 81.6 Å². The van der Waals surface area contributed by atoms with Crippen LogP contribution in [0.25, 0.3) is 32.4 Å². The fraction of sp³-hybridized carbons (Fsp3) is 0.343. The Morgan fingerprint density at radius 1 is 0.683 bits per heavy atom. The van der Waals surface area contributed by atoms with Gasteiger partial charge in [-0.05, 0) is 60.2 Å². The molecule has 208 valence electrons. The molecule has 6 heteroatoms. The quantitative estimate of drug-likeness (QED) is 0.104. The number of rotatable bonds is 15. The molecule has 0 aliphatic rings. The lowest BCUT2D eigenvalue weighted by Crippen LogP contribution is -2.03. The minimum atomic E-state index is -0.155. The highest BCUT2D eigenvalue weighted by Crippen LogP contribution is 2.39. The largest absolute Gasteiger partial charge is 0.307 e. The number of nitrogens with zero attached hydrogens (tertiary/aromatic N) is 4. The molecule has 0 aliphatic carbocycles. The molecule has 4 aromatic rings. The monoisotopic (exact) mass is 576 g/mol. The van der Waals surface area contributed by atoms with Crippen LogP contribution in [0.3, 0.4) is 0 Å². The molecule has 1 aromatic carbocycles. The summed E-state index contributed by atoms with van der Waals surface area (Å²) in [4.78, 5) is 2.81. The standard InChI is InChI=1S/C35H36N4S2/c1-2-3-4-5-6-7-8-9-10-11-15-27-16-12-13-17-30(27)39-31(34-18-14-23-40-34)19-20-32(39)35-22-21-33(41-35)29(26-38)28(24-36)25-37/h12-14,16-23H,2-11,15H2,1H3. The third-order valence-corrected chi connectivity index (χ3v) is 9.39. The summed E-state index contributed by atoms with van der Waals surface area (Å²) in [6.07, 6.45) is 14.2. The fourth-order valence-electron chi connectivity index (χ4n) is 5.23. The second-order valence-corrected chi connectivity index (χ2v) is 12.3. The Labute approximate surface area is 252 Å². The van der Waals surface area contributed by atoms with E-state index in [0.717, 1.165) is 22.7 Å². The molecule has 0 spiro atoms. The summed E-state index contributed by atoms with van der Waals surface area (Å²) in [6.45, 7) is 2.27. The van der Waals surface area contributed by atoms with E-state index in [1.54, 1.807) is 11.3 Å². The van der Waals surface area contributed by atoms with Crippen molar-refractivity contribution in [2.75, 3.05) is 0 Å². The van der Waals surface area contributed by atoms with Gasteiger partial charge in [-0.1, -0.05) is 89.0 Å². The van der Waals surface area contributed by atoms with E-state index < -0.39 is 0 Å². The first-order valence-electron chi connectivity index (χ1n) is 14.6. The minimum Gasteiger partial charge on any atom is -0.307 e. The Morgan fingerprint density at radius 2 is 1.34 bits per heavy atom. The molecule has 0 bridgehead atoms. The summed E-state index contributed by atoms with van der Waals surface area (Å²) in [7, 11) is 0. The molecule has 0 saturated heterocycles. The maximum absolute atomic E-state index is 9.68. The lowest BCUT2D eigenvalue weighted by atomic mass is 10.0. The van der Waals surface area contributed by atoms with Crippen molar-refractivity contribution in [3.63, 3.8) is 0 Å². The Balaban J connectivity index is 1.57. The first-order chi connectivity index (χ1) is 20.2. The molecule has 0 aliphatic heterocycles. The summed E-state index contributed by atoms with van der Waals surface area (Å²) in [5.41, 5.74) is 4.64. The van der Waals surface area contributed by atoms with Crippen molar-refractivity contribution in [2.24, 2.45) is 0 Å². The van der Waals surface area contributed by atoms with Crippen molar-refractivity contribution < 1.29 is 0 Å². The molecule has 0 fully saturated rings. The second kappa shape index (κ2) is 15.8. The number of benzene rings is 1. The highest BCUT2D eigenvalue weighted by Gasteiger charge is 2.19. The lowest BCUT2D eigenvalue weighted by Gasteiger charge is -2.17. The first-order valence-corrected chi connectivity index (χ1v) is 16.3. The molecule has 0 saturated carbocycles. The van der Waals surface area contributed by atoms with Crippen molar-refractivity contribution in [3.05, 3.63) is 82.1 Å². The first kappa shape index (κ1) is 30.1. The van der Waals surface area contributed by atoms with Crippen LogP contribution in [0.4, 0.5) is 0 Å². The maximum atomic E-state index is 9.68. The minimum absolute atomic E-state index is 0.129. The number of thiophene rings is 2. The van der Waals surface area contributed by atoms with Gasteiger partial charge in [-0.15, -0.1) is 22.7 Å². The van der Waals surface area contributed by atoms with Gasteiger partial charge in [-0.2, -0.15) is 15.8 Å². The van der Waals surface area contributed by atoms with Gasteiger partial charge >= 0.3 is 0 Å². The van der Waals surface area contributed by atoms with Crippen molar-refractivity contribution in [1.82, 2.24) is 4.57 Å². The molecule has 0 unspecified atom stereocenters. The van der Waals surface area contributed by atoms with Crippen molar-refractivity contribution in [1.29, 1.82) is 15.8 Å². The molecule has 3 aromatic heterocycles. The number of aryl methyl sites for hydroxylation is 1. The topological polar surface area (TPSA) is 76.3 Å². The average molecular weight is 577 g/mol. The Morgan fingerprint density at radius 3 is 1.98 bits per heavy atom. The molecule has 0 radical (unpaired) electrons. The fourth-order valence-corrected chi connectivity index (χ4v) is 6.99. The van der Waals surface area contributed by atoms with Crippen LogP contribution in [-0.2, 0) is 6.42 Å². The van der Waals surface area contributed by atoms with Crippen LogP contribution in [0.5, 0.6) is 0 Å². The van der Waals surface area contributed by atoms with Crippen LogP contribution in [-0.4, -0.2) is 4.57 Å². The number of hydrogen-bond acceptors (Lipinski definition) is 5. The normalized spacial score (nSPS) is 10.6. The van der Waals surface area contributed by atoms with Gasteiger partial charge in [-0.25, -0.2) is 0 Å². The van der Waals surface area contributed by atoms with Gasteiger partial charge in [0, 0.05) is 10.6 Å². The maximum Gasteiger partial charge on any atom is 0.148 e. The summed E-state index contributed by atoms with van der Waals surface area (Å²) >= 11 is 3.16. The molecule has 3 heterocycles. The Kier molecular flexibility index (Phi) is 11.6. The van der Waals surface area contributed by atoms with E-state index in [1.165, 1.54) is 91.7 Å². The number of allylic oxidation sites excluding steroid dienone is 2. The van der Waals surface area contributed by atoms with Crippen LogP contribution < -0.4 is 0 Å². The van der Waals surface area contributed by atoms with Crippen LogP contribution in [0.2, 0.25) is 0 Å². The van der Waals surface area contributed by atoms with Gasteiger partial charge in [0.05, 0.1) is 26.7 Å². The van der Waals surface area contributed by atoms with E-state index in [9.17, 15) is 15.8 Å². The Bertz CT molecular complexity index is 1550. The van der Waals surface area contributed by atoms with E-state index in [2.05, 4.69) is 71.5 Å². The molecule has 0 N–H and O–H groups in total. The predicted molar refractivity (Wildman–Crippen MR) is 172 cm³/mol. The lowest BCUT2D eigenvalue weighted by molar-refractivity contribution is 0.556. The average Bonchev–Trinajstić information content (AvgIpc) is 3.78. The zero-order chi connectivity index (χ0) is 28.9. The van der Waals surface area contributed by atoms with E-state index in [0.29, 0.717) is 4.88 Å². The number of para-hydroxylation sites is 1. The highest BCUT2D eigenvalue weighted by atomic mass is 32.1. The van der Waals surface area contributed by atoms with Crippen LogP contribution in [0, 0.1) is 34.0 Å². The smallest absolute Gasteiger partial charge is 0.148 e. The zero-order valence-corrected chi connectivity index (χ0v) is 25.4. The van der Waals surface area contributed by atoms with Crippen molar-refractivity contribution >= 4 is 28.2 Å². The second-order valence-electron chi connectivity index (χ2n) is 10.2. The van der Waals surface area contributed by atoms with Crippen molar-refractivity contribution in [3.8, 4) is 45.0 Å². The SMILES string of the molecule is CCCCCCCCCCCCc1ccccc1-n1c(-c2cccs2)ccc1-c1ccc(C(C#N)=C(C#N)C#N)s1. The summed E-state index contributed by atoms with van der Waals surface area (Å²) in [5.74, 6) is 0. The van der Waals surface area contributed by atoms with Gasteiger partial charge in [0.15, 0.2) is 0 Å². The molecule has 0 atom stereocenters. The van der Waals surface area contributed by atoms with E-state index in [1.807, 2.05) is 24.3 Å². The summed E-state index contributed by atoms with van der Waals surface area (Å²) < 4.78 is 2.33. The summed E-state index contributed by atoms with van der Waals surface area (Å²) in [6, 6.07) is 26.8. The van der Waals surface area contributed by atoms with E-state index >= 15 is 0 Å². The summed E-state index contributed by atoms with van der Waals surface area (Å²) in [5, 5.41) is 30.4. The number of nitriles is 3. The van der Waals surface area contributed by atoms with Gasteiger partial charge < -0.3 is 4.57 Å². The number of unbranched alkanes of at least 4 members (excludes halogenated alkanes) is 9. The molecule has 4 nitrogen and oxygen atoms in total. The van der Waals surface area contributed by atoms with Crippen LogP contribution in [0.15, 0.2) is 71.6 Å². The van der Waals surface area contributed by atoms with E-state index in [4.69, 9.17) is 0 Å². The van der Waals surface area contributed by atoms with E-state index in [-0.39, 0.29) is 11.1 Å². The molecular formula is C35H36N4S2. The van der Waals surface area contributed by atoms with Gasteiger partial charge in [-0.3, -0.25) is 0 Å². The number of aromatic nitrogens is 1. The molecule has 4 rings (SSSR count). The van der Waals surface area contributed by atoms with Gasteiger partial charge in [0.2, 0.25) is 0 Å². The third-order valence-electron chi connectivity index (χ3n) is 7.38. The zero-order valence-electron chi connectivity index (χ0n) is 23.7. The van der Waals surface area contributed by atoms with Gasteiger partial charge in [0.25, 0.3) is 0 Å². The molecule has 41 heavy (non-hydrogen) atoms. The van der Waals surface area contributed by atoms with Crippen molar-refractivity contribution in [2.45, 2.75) is 77.6 Å². The molecule has 0 amide bonds. The number of hydrogen-bond donors (Lipinski definition) is 0. The Hall–Kier alpha value is -3.89. The predicted octanol–water partition coefficient (Wildman–Crippen LogP) is 10.7. The molecular weight excluding hydrogens is 541 g/mol.